The van der Waals surface area contributed by atoms with Crippen molar-refractivity contribution in [3.63, 3.8) is 0 Å². The molecule has 18 heavy (non-hydrogen) atoms. The minimum atomic E-state index is 0. The average molecular weight is 334 g/mol. The molecule has 0 heterocycles. The smallest absolute Gasteiger partial charge is 0 e. The fraction of sp³-hybridized carbons (Fsp3) is 0.500. The number of hydrogen-bond donors (Lipinski definition) is 0. The Morgan fingerprint density at radius 3 is 0.944 bits per heavy atom. The molecule has 0 aromatic carbocycles. The van der Waals surface area contributed by atoms with Crippen LogP contribution < -0.4 is 0 Å². The third-order valence-electron chi connectivity index (χ3n) is 2.69. The molecule has 0 amide bonds. The zero-order valence-corrected chi connectivity index (χ0v) is 12.9. The van der Waals surface area contributed by atoms with Gasteiger partial charge in [0.15, 0.2) is 0 Å². The topological polar surface area (TPSA) is 0 Å². The minimum absolute atomic E-state index is 0. The van der Waals surface area contributed by atoms with Crippen LogP contribution in [0.5, 0.6) is 0 Å². The molecule has 108 valence electrons. The Bertz CT molecular complexity index is 210. The molecule has 0 fully saturated rings. The van der Waals surface area contributed by atoms with Gasteiger partial charge in [-0.3, -0.25) is 0 Å². The van der Waals surface area contributed by atoms with E-state index in [4.69, 9.17) is 0 Å². The minimum Gasteiger partial charge on any atom is -0.0882 e. The Hall–Kier alpha value is -0.0530. The van der Waals surface area contributed by atoms with Crippen LogP contribution in [-0.4, -0.2) is 0 Å². The third-order valence-corrected chi connectivity index (χ3v) is 2.69. The van der Waals surface area contributed by atoms with Crippen LogP contribution in [0.1, 0.15) is 51.4 Å². The molecule has 0 aromatic heterocycles. The van der Waals surface area contributed by atoms with Crippen molar-refractivity contribution in [3.05, 3.63) is 48.6 Å². The van der Waals surface area contributed by atoms with Crippen molar-refractivity contribution < 1.29 is 33.0 Å². The van der Waals surface area contributed by atoms with Gasteiger partial charge in [-0.15, -0.1) is 0 Å². The van der Waals surface area contributed by atoms with E-state index >= 15 is 0 Å². The van der Waals surface area contributed by atoms with Crippen LogP contribution in [0.2, 0.25) is 0 Å². The van der Waals surface area contributed by atoms with Crippen LogP contribution in [0.3, 0.4) is 0 Å². The monoisotopic (exact) mass is 332 g/mol. The van der Waals surface area contributed by atoms with Crippen LogP contribution in [-0.2, 0) is 33.0 Å². The van der Waals surface area contributed by atoms with Gasteiger partial charge >= 0.3 is 0 Å². The molecule has 0 aliphatic heterocycles. The van der Waals surface area contributed by atoms with Gasteiger partial charge in [0.1, 0.15) is 0 Å². The Balaban J connectivity index is 0. The molecule has 0 bridgehead atoms. The second-order valence-electron chi connectivity index (χ2n) is 4.22. The van der Waals surface area contributed by atoms with Gasteiger partial charge in [0.25, 0.3) is 0 Å². The normalized spacial score (nSPS) is 17.8. The predicted octanol–water partition coefficient (Wildman–Crippen LogP) is 5.34. The quantitative estimate of drug-likeness (QED) is 0.414. The van der Waals surface area contributed by atoms with Gasteiger partial charge in [0.2, 0.25) is 0 Å². The average Bonchev–Trinajstić information content (AvgIpc) is 2.15. The summed E-state index contributed by atoms with van der Waals surface area (Å²) in [7, 11) is 0. The summed E-state index contributed by atoms with van der Waals surface area (Å²) < 4.78 is 0. The molecule has 2 rings (SSSR count). The van der Waals surface area contributed by atoms with E-state index in [9.17, 15) is 0 Å². The van der Waals surface area contributed by atoms with E-state index in [1.807, 2.05) is 0 Å². The molecule has 0 radical (unpaired) electrons. The van der Waals surface area contributed by atoms with E-state index in [1.54, 1.807) is 0 Å². The van der Waals surface area contributed by atoms with Gasteiger partial charge in [-0.2, -0.15) is 0 Å². The molecule has 0 aromatic rings. The van der Waals surface area contributed by atoms with Gasteiger partial charge in [-0.25, -0.2) is 0 Å². The predicted molar refractivity (Wildman–Crippen MR) is 73.5 cm³/mol. The van der Waals surface area contributed by atoms with E-state index in [0.29, 0.717) is 0 Å². The van der Waals surface area contributed by atoms with E-state index in [-0.39, 0.29) is 33.0 Å². The summed E-state index contributed by atoms with van der Waals surface area (Å²) in [5.74, 6) is 0. The van der Waals surface area contributed by atoms with Crippen LogP contribution in [0.4, 0.5) is 0 Å². The molecular weight excluding hydrogens is 310 g/mol. The van der Waals surface area contributed by atoms with Gasteiger partial charge in [-0.05, 0) is 51.4 Å². The first-order chi connectivity index (χ1) is 8.00. The first kappa shape index (κ1) is 20.3. The second-order valence-corrected chi connectivity index (χ2v) is 4.22. The fourth-order valence-electron chi connectivity index (χ4n) is 1.72. The summed E-state index contributed by atoms with van der Waals surface area (Å²) in [6, 6.07) is 0. The molecule has 0 spiro atoms. The zero-order valence-electron chi connectivity index (χ0n) is 10.9. The van der Waals surface area contributed by atoms with Gasteiger partial charge in [0, 0.05) is 33.0 Å². The van der Waals surface area contributed by atoms with Crippen LogP contribution in [0.25, 0.3) is 0 Å². The standard InChI is InChI=1S/2C8H12.2Ni/c2*1-2-4-6-8-7-5-3-1;;/h2*1-2,5,7H,3-4,6,8H2;;. The summed E-state index contributed by atoms with van der Waals surface area (Å²) >= 11 is 0. The fourth-order valence-corrected chi connectivity index (χ4v) is 1.72. The van der Waals surface area contributed by atoms with Crippen LogP contribution in [0, 0.1) is 0 Å². The maximum Gasteiger partial charge on any atom is 0 e. The summed E-state index contributed by atoms with van der Waals surface area (Å²) in [6.07, 6.45) is 28.0. The van der Waals surface area contributed by atoms with Crippen molar-refractivity contribution in [1.82, 2.24) is 0 Å². The second kappa shape index (κ2) is 16.9. The molecule has 0 saturated heterocycles. The van der Waals surface area contributed by atoms with E-state index in [2.05, 4.69) is 48.6 Å². The van der Waals surface area contributed by atoms with Crippen molar-refractivity contribution in [3.8, 4) is 0 Å². The van der Waals surface area contributed by atoms with E-state index in [0.717, 1.165) is 12.8 Å². The van der Waals surface area contributed by atoms with Crippen molar-refractivity contribution in [2.75, 3.05) is 0 Å². The molecule has 0 saturated carbocycles. The Morgan fingerprint density at radius 1 is 0.389 bits per heavy atom. The zero-order chi connectivity index (χ0) is 11.3. The molecule has 0 nitrogen and oxygen atoms in total. The summed E-state index contributed by atoms with van der Waals surface area (Å²) in [5, 5.41) is 0. The Labute approximate surface area is 133 Å². The van der Waals surface area contributed by atoms with Gasteiger partial charge in [0.05, 0.1) is 0 Å². The van der Waals surface area contributed by atoms with Crippen LogP contribution in [0.15, 0.2) is 48.6 Å². The summed E-state index contributed by atoms with van der Waals surface area (Å²) in [4.78, 5) is 0. The summed E-state index contributed by atoms with van der Waals surface area (Å²) in [5.41, 5.74) is 0. The molecule has 0 unspecified atom stereocenters. The maximum absolute atomic E-state index is 2.27. The molecular formula is C16H24Ni2. The number of allylic oxidation sites excluding steroid dienone is 8. The Kier molecular flexibility index (Phi) is 19.1. The molecule has 0 N–H and O–H groups in total. The maximum atomic E-state index is 2.27. The molecule has 2 aliphatic rings. The van der Waals surface area contributed by atoms with Crippen molar-refractivity contribution in [1.29, 1.82) is 0 Å². The summed E-state index contributed by atoms with van der Waals surface area (Å²) in [6.45, 7) is 0. The van der Waals surface area contributed by atoms with Gasteiger partial charge in [-0.1, -0.05) is 48.6 Å². The van der Waals surface area contributed by atoms with Gasteiger partial charge < -0.3 is 0 Å². The number of hydrogen-bond acceptors (Lipinski definition) is 0. The largest absolute Gasteiger partial charge is 0.0882 e. The first-order valence-electron chi connectivity index (χ1n) is 6.60. The van der Waals surface area contributed by atoms with Crippen molar-refractivity contribution in [2.45, 2.75) is 51.4 Å². The van der Waals surface area contributed by atoms with Crippen molar-refractivity contribution >= 4 is 0 Å². The van der Waals surface area contributed by atoms with E-state index < -0.39 is 0 Å². The molecule has 0 atom stereocenters. The first-order valence-corrected chi connectivity index (χ1v) is 6.60. The van der Waals surface area contributed by atoms with Crippen molar-refractivity contribution in [2.24, 2.45) is 0 Å². The van der Waals surface area contributed by atoms with Crippen LogP contribution >= 0.6 is 0 Å². The third kappa shape index (κ3) is 14.0. The number of rotatable bonds is 0. The SMILES string of the molecule is C1=CCCCC=CC1.C1=CCCCC=CC1.[Ni].[Ni]. The van der Waals surface area contributed by atoms with E-state index in [1.165, 1.54) is 38.5 Å². The Morgan fingerprint density at radius 2 is 0.667 bits per heavy atom. The molecule has 2 aliphatic carbocycles. The molecule has 2 heteroatoms.